The molecule has 15 nitrogen and oxygen atoms in total. The molecule has 1 unspecified atom stereocenters. The molecule has 5 aliphatic rings. The third-order valence-electron chi connectivity index (χ3n) is 13.8. The fraction of sp³-hybridized carbons (Fsp3) is 0.500. The number of rotatable bonds is 5. The van der Waals surface area contributed by atoms with E-state index in [2.05, 4.69) is 59.3 Å². The van der Waals surface area contributed by atoms with Gasteiger partial charge in [-0.25, -0.2) is 9.67 Å². The van der Waals surface area contributed by atoms with Crippen LogP contribution in [0.3, 0.4) is 0 Å². The van der Waals surface area contributed by atoms with E-state index >= 15 is 0 Å². The van der Waals surface area contributed by atoms with Crippen LogP contribution >= 0.6 is 0 Å². The van der Waals surface area contributed by atoms with E-state index in [4.69, 9.17) is 19.7 Å². The van der Waals surface area contributed by atoms with Gasteiger partial charge in [-0.2, -0.15) is 5.10 Å². The van der Waals surface area contributed by atoms with Crippen molar-refractivity contribution >= 4 is 46.1 Å². The van der Waals surface area contributed by atoms with Crippen molar-refractivity contribution < 1.29 is 19.1 Å². The first-order valence-corrected chi connectivity index (χ1v) is 22.1. The van der Waals surface area contributed by atoms with E-state index in [0.29, 0.717) is 60.3 Å². The second-order valence-electron chi connectivity index (χ2n) is 18.0. The van der Waals surface area contributed by atoms with E-state index in [0.717, 1.165) is 124 Å². The summed E-state index contributed by atoms with van der Waals surface area (Å²) in [5, 5.41) is 10.1. The molecule has 0 spiro atoms. The minimum Gasteiger partial charge on any atom is -0.477 e. The van der Waals surface area contributed by atoms with Crippen LogP contribution in [-0.4, -0.2) is 104 Å². The Bertz CT molecular complexity index is 2500. The fourth-order valence-corrected chi connectivity index (χ4v) is 10.4. The number of imide groups is 1. The van der Waals surface area contributed by atoms with Gasteiger partial charge in [0.15, 0.2) is 0 Å². The SMILES string of the molecule is Cc1cc2cc(n1)-c1cnn(C)c1OC[C@H]1CC[C@H](C1)Cn1c(nc3ccc(N4CCN(CC5CCN(c6ccc(C7CCC(=O)NC7=O)nc6C)CC5)CC4)cc31)NC2=O. The Hall–Kier alpha value is -5.83. The van der Waals surface area contributed by atoms with Crippen LogP contribution in [0.2, 0.25) is 0 Å². The Labute approximate surface area is 355 Å². The van der Waals surface area contributed by atoms with Crippen LogP contribution in [0, 0.1) is 31.6 Å². The van der Waals surface area contributed by atoms with Crippen molar-refractivity contribution in [1.29, 1.82) is 0 Å². The Kier molecular flexibility index (Phi) is 10.5. The van der Waals surface area contributed by atoms with Gasteiger partial charge in [0.25, 0.3) is 5.91 Å². The molecule has 4 bridgehead atoms. The lowest BCUT2D eigenvalue weighted by atomic mass is 9.93. The number of aryl methyl sites for hydroxylation is 3. The maximum atomic E-state index is 14.0. The summed E-state index contributed by atoms with van der Waals surface area (Å²) in [6.07, 6.45) is 8.14. The van der Waals surface area contributed by atoms with Crippen LogP contribution in [0.1, 0.15) is 78.3 Å². The third-order valence-corrected chi connectivity index (χ3v) is 13.8. The maximum absolute atomic E-state index is 14.0. The van der Waals surface area contributed by atoms with E-state index in [1.165, 1.54) is 5.69 Å². The molecule has 3 amide bonds. The lowest BCUT2D eigenvalue weighted by Gasteiger charge is -2.40. The summed E-state index contributed by atoms with van der Waals surface area (Å²) in [6, 6.07) is 14.3. The summed E-state index contributed by atoms with van der Waals surface area (Å²) in [5.41, 5.74) is 8.65. The minimum atomic E-state index is -0.362. The maximum Gasteiger partial charge on any atom is 0.258 e. The van der Waals surface area contributed by atoms with Gasteiger partial charge in [0.1, 0.15) is 0 Å². The molecule has 8 heterocycles. The summed E-state index contributed by atoms with van der Waals surface area (Å²) in [7, 11) is 1.88. The molecule has 2 N–H and O–H groups in total. The number of aromatic nitrogens is 6. The Morgan fingerprint density at radius 2 is 1.64 bits per heavy atom. The van der Waals surface area contributed by atoms with Crippen LogP contribution in [0.4, 0.5) is 17.3 Å². The Balaban J connectivity index is 0.797. The number of piperazine rings is 1. The number of hydrogen-bond donors (Lipinski definition) is 2. The molecule has 15 heteroatoms. The highest BCUT2D eigenvalue weighted by Gasteiger charge is 2.32. The highest BCUT2D eigenvalue weighted by Crippen LogP contribution is 2.37. The van der Waals surface area contributed by atoms with Crippen LogP contribution in [0.5, 0.6) is 5.88 Å². The molecule has 3 saturated heterocycles. The Morgan fingerprint density at radius 3 is 2.44 bits per heavy atom. The number of ether oxygens (including phenoxy) is 1. The van der Waals surface area contributed by atoms with Crippen LogP contribution < -0.4 is 25.2 Å². The third kappa shape index (κ3) is 7.95. The zero-order valence-corrected chi connectivity index (χ0v) is 35.4. The summed E-state index contributed by atoms with van der Waals surface area (Å²) >= 11 is 0. The van der Waals surface area contributed by atoms with E-state index in [9.17, 15) is 14.4 Å². The molecule has 3 atom stereocenters. The lowest BCUT2D eigenvalue weighted by Crippen LogP contribution is -2.49. The molecule has 4 fully saturated rings. The van der Waals surface area contributed by atoms with Crippen molar-refractivity contribution in [3.63, 3.8) is 0 Å². The molecule has 318 valence electrons. The standard InChI is InChI=1S/C46H55N11O4/c1-28-20-33-22-39(48-28)36-24-47-53(3)45(36)61-27-32-5-4-31(21-32)26-57-41-23-34(6-8-38(41)50-46(57)52-43(33)59)55-18-16-54(17-19-55)25-30-12-14-56(15-13-30)40-10-9-37(49-29(40)2)35-7-11-42(58)51-44(35)60/h6,8-10,20,22-24,30-32,35H,4-5,7,11-19,21,25-27H2,1-3H3,(H,50,52,59)(H,51,58,60)/t31-,32+,35?/m1/s1. The summed E-state index contributed by atoms with van der Waals surface area (Å²) < 4.78 is 10.4. The van der Waals surface area contributed by atoms with Gasteiger partial charge in [-0.05, 0) is 113 Å². The van der Waals surface area contributed by atoms with Gasteiger partial charge in [-0.15, -0.1) is 0 Å². The molecule has 1 saturated carbocycles. The average molecular weight is 826 g/mol. The van der Waals surface area contributed by atoms with Crippen molar-refractivity contribution in [2.75, 3.05) is 67.5 Å². The number of hydrogen-bond acceptors (Lipinski definition) is 11. The van der Waals surface area contributed by atoms with Crippen LogP contribution in [0.15, 0.2) is 48.7 Å². The number of carbonyl (C=O) groups excluding carboxylic acids is 3. The highest BCUT2D eigenvalue weighted by molar-refractivity contribution is 6.05. The second kappa shape index (κ2) is 16.2. The topological polar surface area (TPSA) is 156 Å². The van der Waals surface area contributed by atoms with E-state index in [1.54, 1.807) is 10.9 Å². The van der Waals surface area contributed by atoms with E-state index in [1.807, 2.05) is 39.1 Å². The lowest BCUT2D eigenvalue weighted by molar-refractivity contribution is -0.134. The van der Waals surface area contributed by atoms with Crippen molar-refractivity contribution in [1.82, 2.24) is 39.5 Å². The number of amides is 3. The number of nitrogens with one attached hydrogen (secondary N) is 2. The number of benzene rings is 1. The molecule has 10 rings (SSSR count). The second-order valence-corrected chi connectivity index (χ2v) is 18.0. The number of carbonyl (C=O) groups is 3. The smallest absolute Gasteiger partial charge is 0.258 e. The van der Waals surface area contributed by atoms with Gasteiger partial charge in [0, 0.05) is 82.8 Å². The fourth-order valence-electron chi connectivity index (χ4n) is 10.4. The van der Waals surface area contributed by atoms with Gasteiger partial charge >= 0.3 is 0 Å². The number of fused-ring (bicyclic) bond motifs is 9. The quantitative estimate of drug-likeness (QED) is 0.217. The first kappa shape index (κ1) is 39.3. The molecule has 5 aromatic rings. The van der Waals surface area contributed by atoms with Gasteiger partial charge < -0.3 is 19.1 Å². The molecule has 61 heavy (non-hydrogen) atoms. The number of piperidine rings is 2. The van der Waals surface area contributed by atoms with Crippen molar-refractivity contribution in [2.24, 2.45) is 24.8 Å². The molecule has 1 aromatic carbocycles. The zero-order chi connectivity index (χ0) is 41.8. The molecular weight excluding hydrogens is 771 g/mol. The molecule has 4 aromatic heterocycles. The highest BCUT2D eigenvalue weighted by atomic mass is 16.5. The first-order chi connectivity index (χ1) is 29.6. The summed E-state index contributed by atoms with van der Waals surface area (Å²) in [6.45, 7) is 12.4. The summed E-state index contributed by atoms with van der Waals surface area (Å²) in [5.74, 6) is 1.75. The van der Waals surface area contributed by atoms with Crippen LogP contribution in [-0.2, 0) is 23.2 Å². The van der Waals surface area contributed by atoms with E-state index < -0.39 is 0 Å². The first-order valence-electron chi connectivity index (χ1n) is 22.1. The zero-order valence-electron chi connectivity index (χ0n) is 35.4. The number of pyridine rings is 2. The predicted molar refractivity (Wildman–Crippen MR) is 233 cm³/mol. The minimum absolute atomic E-state index is 0.202. The van der Waals surface area contributed by atoms with Gasteiger partial charge in [0.05, 0.1) is 58.1 Å². The molecular formula is C46H55N11O4. The molecule has 1 aliphatic carbocycles. The number of imidazole rings is 1. The van der Waals surface area contributed by atoms with Gasteiger partial charge in [-0.1, -0.05) is 0 Å². The van der Waals surface area contributed by atoms with Crippen molar-refractivity contribution in [3.8, 4) is 17.1 Å². The van der Waals surface area contributed by atoms with Crippen molar-refractivity contribution in [3.05, 3.63) is 71.3 Å². The van der Waals surface area contributed by atoms with E-state index in [-0.39, 0.29) is 23.6 Å². The number of nitrogens with zero attached hydrogens (tertiary/aromatic N) is 9. The predicted octanol–water partition coefficient (Wildman–Crippen LogP) is 5.46. The largest absolute Gasteiger partial charge is 0.477 e. The molecule has 4 aliphatic heterocycles. The monoisotopic (exact) mass is 825 g/mol. The van der Waals surface area contributed by atoms with Crippen molar-refractivity contribution in [2.45, 2.75) is 71.3 Å². The Morgan fingerprint density at radius 1 is 0.820 bits per heavy atom. The number of anilines is 3. The van der Waals surface area contributed by atoms with Gasteiger partial charge in [0.2, 0.25) is 23.6 Å². The summed E-state index contributed by atoms with van der Waals surface area (Å²) in [4.78, 5) is 60.2. The average Bonchev–Trinajstić information content (AvgIpc) is 3.96. The molecule has 0 radical (unpaired) electrons. The van der Waals surface area contributed by atoms with Crippen LogP contribution in [0.25, 0.3) is 22.3 Å². The van der Waals surface area contributed by atoms with Gasteiger partial charge in [-0.3, -0.25) is 39.9 Å². The normalized spacial score (nSPS) is 22.9.